The topological polar surface area (TPSA) is 35.2 Å². The van der Waals surface area contributed by atoms with Crippen LogP contribution in [-0.2, 0) is 10.9 Å². The Morgan fingerprint density at radius 2 is 1.82 bits per heavy atom. The second-order valence-electron chi connectivity index (χ2n) is 4.18. The van der Waals surface area contributed by atoms with Crippen molar-refractivity contribution in [1.29, 1.82) is 0 Å². The molecule has 1 fully saturated rings. The summed E-state index contributed by atoms with van der Waals surface area (Å²) in [4.78, 5) is 0. The Morgan fingerprint density at radius 3 is 2.29 bits per heavy atom. The standard InChI is InChI=1S/C12H14F3NO/c13-12(14,15)9-3-1-8(2-4-9)11-6-5-10(7-16)17-11/h1-4,10-11H,5-7,16H2/t10-,11+/m1/s1. The van der Waals surface area contributed by atoms with Gasteiger partial charge in [0.1, 0.15) is 0 Å². The lowest BCUT2D eigenvalue weighted by Crippen LogP contribution is -2.18. The maximum absolute atomic E-state index is 12.4. The Bertz CT molecular complexity index is 374. The zero-order chi connectivity index (χ0) is 12.5. The predicted octanol–water partition coefficient (Wildman–Crippen LogP) is 2.88. The molecule has 0 aromatic heterocycles. The molecule has 2 atom stereocenters. The SMILES string of the molecule is NC[C@H]1CC[C@@H](c2ccc(C(F)(F)F)cc2)O1. The molecule has 2 rings (SSSR count). The minimum atomic E-state index is -4.28. The molecule has 1 aromatic carbocycles. The van der Waals surface area contributed by atoms with Crippen LogP contribution in [0.3, 0.4) is 0 Å². The van der Waals surface area contributed by atoms with Crippen molar-refractivity contribution in [2.24, 2.45) is 5.73 Å². The Morgan fingerprint density at radius 1 is 1.18 bits per heavy atom. The molecular formula is C12H14F3NO. The molecule has 1 saturated heterocycles. The summed E-state index contributed by atoms with van der Waals surface area (Å²) in [6, 6.07) is 5.14. The lowest BCUT2D eigenvalue weighted by Gasteiger charge is -2.13. The Kier molecular flexibility index (Phi) is 3.40. The molecule has 1 heterocycles. The van der Waals surface area contributed by atoms with Crippen molar-refractivity contribution in [2.75, 3.05) is 6.54 Å². The molecule has 5 heteroatoms. The van der Waals surface area contributed by atoms with Crippen LogP contribution < -0.4 is 5.73 Å². The number of nitrogens with two attached hydrogens (primary N) is 1. The van der Waals surface area contributed by atoms with Crippen LogP contribution in [0.4, 0.5) is 13.2 Å². The van der Waals surface area contributed by atoms with Gasteiger partial charge in [0.15, 0.2) is 0 Å². The fourth-order valence-corrected chi connectivity index (χ4v) is 2.01. The lowest BCUT2D eigenvalue weighted by molar-refractivity contribution is -0.137. The van der Waals surface area contributed by atoms with Gasteiger partial charge < -0.3 is 10.5 Å². The highest BCUT2D eigenvalue weighted by Crippen LogP contribution is 2.34. The van der Waals surface area contributed by atoms with Crippen molar-refractivity contribution < 1.29 is 17.9 Å². The molecule has 0 unspecified atom stereocenters. The second kappa shape index (κ2) is 4.66. The summed E-state index contributed by atoms with van der Waals surface area (Å²) >= 11 is 0. The molecule has 0 saturated carbocycles. The van der Waals surface area contributed by atoms with E-state index in [1.807, 2.05) is 0 Å². The van der Waals surface area contributed by atoms with E-state index in [2.05, 4.69) is 0 Å². The smallest absolute Gasteiger partial charge is 0.369 e. The van der Waals surface area contributed by atoms with Crippen molar-refractivity contribution in [3.05, 3.63) is 35.4 Å². The normalized spacial score (nSPS) is 25.2. The summed E-state index contributed by atoms with van der Waals surface area (Å²) in [5, 5.41) is 0. The van der Waals surface area contributed by atoms with E-state index >= 15 is 0 Å². The monoisotopic (exact) mass is 245 g/mol. The fraction of sp³-hybridized carbons (Fsp3) is 0.500. The molecule has 0 bridgehead atoms. The van der Waals surface area contributed by atoms with Crippen LogP contribution in [0.5, 0.6) is 0 Å². The summed E-state index contributed by atoms with van der Waals surface area (Å²) in [5.41, 5.74) is 5.64. The van der Waals surface area contributed by atoms with Gasteiger partial charge in [0.25, 0.3) is 0 Å². The summed E-state index contributed by atoms with van der Waals surface area (Å²) in [5.74, 6) is 0. The van der Waals surface area contributed by atoms with E-state index in [0.29, 0.717) is 6.54 Å². The number of halogens is 3. The molecule has 94 valence electrons. The summed E-state index contributed by atoms with van der Waals surface area (Å²) in [6.45, 7) is 0.455. The highest BCUT2D eigenvalue weighted by atomic mass is 19.4. The van der Waals surface area contributed by atoms with E-state index in [4.69, 9.17) is 10.5 Å². The first-order chi connectivity index (χ1) is 8.00. The molecule has 2 nitrogen and oxygen atoms in total. The molecule has 0 spiro atoms. The molecule has 1 aromatic rings. The van der Waals surface area contributed by atoms with Crippen LogP contribution in [-0.4, -0.2) is 12.6 Å². The maximum Gasteiger partial charge on any atom is 0.416 e. The maximum atomic E-state index is 12.4. The zero-order valence-corrected chi connectivity index (χ0v) is 9.20. The van der Waals surface area contributed by atoms with Crippen molar-refractivity contribution in [3.63, 3.8) is 0 Å². The van der Waals surface area contributed by atoms with Gasteiger partial charge in [0, 0.05) is 6.54 Å². The summed E-state index contributed by atoms with van der Waals surface area (Å²) in [6.07, 6.45) is -2.70. The van der Waals surface area contributed by atoms with Crippen molar-refractivity contribution in [2.45, 2.75) is 31.2 Å². The third kappa shape index (κ3) is 2.79. The van der Waals surface area contributed by atoms with Gasteiger partial charge in [-0.25, -0.2) is 0 Å². The summed E-state index contributed by atoms with van der Waals surface area (Å²) in [7, 11) is 0. The highest BCUT2D eigenvalue weighted by molar-refractivity contribution is 5.26. The highest BCUT2D eigenvalue weighted by Gasteiger charge is 2.31. The van der Waals surface area contributed by atoms with Crippen LogP contribution in [0, 0.1) is 0 Å². The summed E-state index contributed by atoms with van der Waals surface area (Å²) < 4.78 is 42.7. The lowest BCUT2D eigenvalue weighted by atomic mass is 10.0. The first-order valence-electron chi connectivity index (χ1n) is 5.53. The van der Waals surface area contributed by atoms with Gasteiger partial charge in [-0.3, -0.25) is 0 Å². The van der Waals surface area contributed by atoms with Crippen LogP contribution >= 0.6 is 0 Å². The van der Waals surface area contributed by atoms with E-state index in [9.17, 15) is 13.2 Å². The van der Waals surface area contributed by atoms with Crippen LogP contribution in [0.25, 0.3) is 0 Å². The van der Waals surface area contributed by atoms with Gasteiger partial charge >= 0.3 is 6.18 Å². The Balaban J connectivity index is 2.09. The van der Waals surface area contributed by atoms with Crippen LogP contribution in [0.15, 0.2) is 24.3 Å². The molecule has 0 amide bonds. The Labute approximate surface area is 97.6 Å². The molecule has 17 heavy (non-hydrogen) atoms. The average molecular weight is 245 g/mol. The van der Waals surface area contributed by atoms with Gasteiger partial charge in [-0.05, 0) is 30.5 Å². The minimum absolute atomic E-state index is 0.0299. The predicted molar refractivity (Wildman–Crippen MR) is 57.3 cm³/mol. The van der Waals surface area contributed by atoms with E-state index < -0.39 is 11.7 Å². The van der Waals surface area contributed by atoms with Crippen LogP contribution in [0.1, 0.15) is 30.1 Å². The number of ether oxygens (including phenoxy) is 1. The van der Waals surface area contributed by atoms with Gasteiger partial charge in [0.2, 0.25) is 0 Å². The van der Waals surface area contributed by atoms with E-state index in [1.54, 1.807) is 0 Å². The second-order valence-corrected chi connectivity index (χ2v) is 4.18. The average Bonchev–Trinajstić information content (AvgIpc) is 2.76. The fourth-order valence-electron chi connectivity index (χ4n) is 2.01. The van der Waals surface area contributed by atoms with E-state index in [0.717, 1.165) is 30.5 Å². The van der Waals surface area contributed by atoms with Crippen molar-refractivity contribution in [1.82, 2.24) is 0 Å². The number of alkyl halides is 3. The van der Waals surface area contributed by atoms with Gasteiger partial charge in [-0.2, -0.15) is 13.2 Å². The zero-order valence-electron chi connectivity index (χ0n) is 9.20. The number of benzene rings is 1. The third-order valence-corrected chi connectivity index (χ3v) is 2.98. The third-order valence-electron chi connectivity index (χ3n) is 2.98. The molecule has 1 aliphatic rings. The van der Waals surface area contributed by atoms with E-state index in [-0.39, 0.29) is 12.2 Å². The van der Waals surface area contributed by atoms with Crippen molar-refractivity contribution in [3.8, 4) is 0 Å². The number of rotatable bonds is 2. The molecule has 1 aliphatic heterocycles. The van der Waals surface area contributed by atoms with Gasteiger partial charge in [-0.15, -0.1) is 0 Å². The number of hydrogen-bond donors (Lipinski definition) is 1. The first kappa shape index (κ1) is 12.4. The van der Waals surface area contributed by atoms with Gasteiger partial charge in [0.05, 0.1) is 17.8 Å². The minimum Gasteiger partial charge on any atom is -0.369 e. The molecule has 0 radical (unpaired) electrons. The van der Waals surface area contributed by atoms with Crippen molar-refractivity contribution >= 4 is 0 Å². The molecule has 0 aliphatic carbocycles. The number of hydrogen-bond acceptors (Lipinski definition) is 2. The Hall–Kier alpha value is -1.07. The first-order valence-corrected chi connectivity index (χ1v) is 5.53. The molecular weight excluding hydrogens is 231 g/mol. The van der Waals surface area contributed by atoms with Gasteiger partial charge in [-0.1, -0.05) is 12.1 Å². The molecule has 2 N–H and O–H groups in total. The van der Waals surface area contributed by atoms with Crippen LogP contribution in [0.2, 0.25) is 0 Å². The van der Waals surface area contributed by atoms with E-state index in [1.165, 1.54) is 12.1 Å². The largest absolute Gasteiger partial charge is 0.416 e. The quantitative estimate of drug-likeness (QED) is 0.869.